The number of hydrogen-bond donors (Lipinski definition) is 2. The number of hydrogen-bond acceptors (Lipinski definition) is 7. The molecule has 29 heavy (non-hydrogen) atoms. The highest BCUT2D eigenvalue weighted by Gasteiger charge is 2.28. The Labute approximate surface area is 160 Å². The molecule has 0 saturated carbocycles. The minimum atomic E-state index is -4.57. The third kappa shape index (κ3) is 4.05. The zero-order chi connectivity index (χ0) is 21.3. The van der Waals surface area contributed by atoms with Gasteiger partial charge in [-0.05, 0) is 6.07 Å². The summed E-state index contributed by atoms with van der Waals surface area (Å²) in [5.41, 5.74) is 4.49. The molecule has 7 nitrogen and oxygen atoms in total. The van der Waals surface area contributed by atoms with Gasteiger partial charge in [0.25, 0.3) is 0 Å². The van der Waals surface area contributed by atoms with Crippen molar-refractivity contribution >= 4 is 22.7 Å². The number of ether oxygens (including phenoxy) is 2. The number of rotatable bonds is 5. The first-order chi connectivity index (χ1) is 13.6. The maximum absolute atomic E-state index is 14.8. The molecule has 3 aromatic rings. The number of halogens is 5. The molecule has 154 valence electrons. The van der Waals surface area contributed by atoms with Crippen molar-refractivity contribution in [3.8, 4) is 22.8 Å². The maximum Gasteiger partial charge on any atom is 0.405 e. The number of pyridine rings is 1. The van der Waals surface area contributed by atoms with Gasteiger partial charge >= 0.3 is 6.18 Å². The summed E-state index contributed by atoms with van der Waals surface area (Å²) in [5.74, 6) is -3.45. The van der Waals surface area contributed by atoms with Gasteiger partial charge in [0.15, 0.2) is 29.0 Å². The van der Waals surface area contributed by atoms with Crippen molar-refractivity contribution in [2.24, 2.45) is 0 Å². The molecule has 0 unspecified atom stereocenters. The van der Waals surface area contributed by atoms with Gasteiger partial charge in [0.1, 0.15) is 12.1 Å². The SMILES string of the molecule is COc1cc(OC)c(F)c(-c2cc3cnc(N)nc3c(NCC(F)(F)F)n2)c1F. The molecule has 2 aromatic heterocycles. The standard InChI is InChI=1S/C17H14F5N5O2/c1-28-9-4-10(29-2)13(19)11(12(9)18)8-3-7-5-24-16(23)27-14(7)15(26-8)25-6-17(20,21)22/h3-5H,6H2,1-2H3,(H,25,26)(H2,23,24,27). The molecule has 0 aliphatic heterocycles. The maximum atomic E-state index is 14.8. The summed E-state index contributed by atoms with van der Waals surface area (Å²) in [6.45, 7) is -1.45. The van der Waals surface area contributed by atoms with E-state index in [4.69, 9.17) is 15.2 Å². The van der Waals surface area contributed by atoms with Gasteiger partial charge in [-0.2, -0.15) is 13.2 Å². The molecule has 0 fully saturated rings. The van der Waals surface area contributed by atoms with Crippen LogP contribution in [0.5, 0.6) is 11.5 Å². The van der Waals surface area contributed by atoms with Crippen LogP contribution >= 0.6 is 0 Å². The number of benzene rings is 1. The predicted molar refractivity (Wildman–Crippen MR) is 94.7 cm³/mol. The Morgan fingerprint density at radius 1 is 1.03 bits per heavy atom. The molecule has 0 saturated heterocycles. The van der Waals surface area contributed by atoms with Crippen molar-refractivity contribution in [3.63, 3.8) is 0 Å². The molecular formula is C17H14F5N5O2. The minimum Gasteiger partial charge on any atom is -0.494 e. The average molecular weight is 415 g/mol. The van der Waals surface area contributed by atoms with Gasteiger partial charge in [-0.25, -0.2) is 23.7 Å². The van der Waals surface area contributed by atoms with Crippen molar-refractivity contribution in [2.45, 2.75) is 6.18 Å². The number of nitrogen functional groups attached to an aromatic ring is 1. The number of aromatic nitrogens is 3. The number of anilines is 2. The molecule has 0 bridgehead atoms. The second-order valence-electron chi connectivity index (χ2n) is 5.77. The van der Waals surface area contributed by atoms with E-state index in [0.29, 0.717) is 0 Å². The van der Waals surface area contributed by atoms with Crippen LogP contribution in [-0.2, 0) is 0 Å². The summed E-state index contributed by atoms with van der Waals surface area (Å²) >= 11 is 0. The molecule has 3 rings (SSSR count). The fourth-order valence-corrected chi connectivity index (χ4v) is 2.60. The number of alkyl halides is 3. The first kappa shape index (κ1) is 20.3. The Hall–Kier alpha value is -3.44. The van der Waals surface area contributed by atoms with Crippen LogP contribution in [0, 0.1) is 11.6 Å². The van der Waals surface area contributed by atoms with E-state index in [9.17, 15) is 22.0 Å². The highest BCUT2D eigenvalue weighted by Crippen LogP contribution is 2.38. The van der Waals surface area contributed by atoms with Crippen LogP contribution in [0.2, 0.25) is 0 Å². The fourth-order valence-electron chi connectivity index (χ4n) is 2.60. The number of methoxy groups -OCH3 is 2. The normalized spacial score (nSPS) is 11.6. The van der Waals surface area contributed by atoms with Crippen LogP contribution in [0.3, 0.4) is 0 Å². The lowest BCUT2D eigenvalue weighted by molar-refractivity contribution is -0.115. The van der Waals surface area contributed by atoms with E-state index in [2.05, 4.69) is 20.3 Å². The van der Waals surface area contributed by atoms with Crippen LogP contribution in [-0.4, -0.2) is 41.9 Å². The largest absolute Gasteiger partial charge is 0.494 e. The Kier molecular flexibility index (Phi) is 5.27. The van der Waals surface area contributed by atoms with Crippen LogP contribution < -0.4 is 20.5 Å². The number of nitrogens with zero attached hydrogens (tertiary/aromatic N) is 3. The predicted octanol–water partition coefficient (Wildman–Crippen LogP) is 3.54. The lowest BCUT2D eigenvalue weighted by atomic mass is 10.1. The zero-order valence-electron chi connectivity index (χ0n) is 15.1. The quantitative estimate of drug-likeness (QED) is 0.616. The Bertz CT molecular complexity index is 1050. The van der Waals surface area contributed by atoms with Crippen molar-refractivity contribution < 1.29 is 31.4 Å². The van der Waals surface area contributed by atoms with E-state index < -0.39 is 29.9 Å². The number of nitrogens with one attached hydrogen (secondary N) is 1. The molecule has 0 amide bonds. The van der Waals surface area contributed by atoms with Gasteiger partial charge in [-0.15, -0.1) is 0 Å². The summed E-state index contributed by atoms with van der Waals surface area (Å²) < 4.78 is 77.3. The molecule has 0 aliphatic carbocycles. The van der Waals surface area contributed by atoms with Gasteiger partial charge in [0.05, 0.1) is 25.5 Å². The van der Waals surface area contributed by atoms with Gasteiger partial charge in [-0.1, -0.05) is 0 Å². The first-order valence-corrected chi connectivity index (χ1v) is 7.99. The smallest absolute Gasteiger partial charge is 0.405 e. The van der Waals surface area contributed by atoms with E-state index in [1.165, 1.54) is 26.5 Å². The molecule has 3 N–H and O–H groups in total. The lowest BCUT2D eigenvalue weighted by Gasteiger charge is -2.15. The summed E-state index contributed by atoms with van der Waals surface area (Å²) in [5, 5.41) is 2.23. The van der Waals surface area contributed by atoms with Crippen LogP contribution in [0.1, 0.15) is 0 Å². The monoisotopic (exact) mass is 415 g/mol. The van der Waals surface area contributed by atoms with E-state index in [1.54, 1.807) is 0 Å². The topological polar surface area (TPSA) is 95.2 Å². The molecular weight excluding hydrogens is 401 g/mol. The van der Waals surface area contributed by atoms with Crippen molar-refractivity contribution in [1.29, 1.82) is 0 Å². The second-order valence-corrected chi connectivity index (χ2v) is 5.77. The van der Waals surface area contributed by atoms with Crippen LogP contribution in [0.25, 0.3) is 22.2 Å². The molecule has 0 atom stereocenters. The van der Waals surface area contributed by atoms with E-state index >= 15 is 0 Å². The summed E-state index contributed by atoms with van der Waals surface area (Å²) in [6.07, 6.45) is -3.37. The lowest BCUT2D eigenvalue weighted by Crippen LogP contribution is -2.22. The van der Waals surface area contributed by atoms with E-state index in [1.807, 2.05) is 0 Å². The Morgan fingerprint density at radius 2 is 1.66 bits per heavy atom. The van der Waals surface area contributed by atoms with Gasteiger partial charge in [0, 0.05) is 17.6 Å². The van der Waals surface area contributed by atoms with Gasteiger partial charge in [-0.3, -0.25) is 0 Å². The summed E-state index contributed by atoms with van der Waals surface area (Å²) in [4.78, 5) is 11.6. The molecule has 0 aliphatic rings. The molecule has 2 heterocycles. The third-order valence-electron chi connectivity index (χ3n) is 3.87. The van der Waals surface area contributed by atoms with Crippen molar-refractivity contribution in [3.05, 3.63) is 30.0 Å². The third-order valence-corrected chi connectivity index (χ3v) is 3.87. The van der Waals surface area contributed by atoms with Gasteiger partial charge < -0.3 is 20.5 Å². The van der Waals surface area contributed by atoms with Gasteiger partial charge in [0.2, 0.25) is 5.95 Å². The van der Waals surface area contributed by atoms with Crippen LogP contribution in [0.15, 0.2) is 18.3 Å². The first-order valence-electron chi connectivity index (χ1n) is 7.99. The summed E-state index contributed by atoms with van der Waals surface area (Å²) in [6, 6.07) is 2.22. The molecule has 0 radical (unpaired) electrons. The number of nitrogens with two attached hydrogens (primary N) is 1. The highest BCUT2D eigenvalue weighted by atomic mass is 19.4. The zero-order valence-corrected chi connectivity index (χ0v) is 15.1. The Morgan fingerprint density at radius 3 is 2.21 bits per heavy atom. The van der Waals surface area contributed by atoms with Crippen LogP contribution in [0.4, 0.5) is 33.7 Å². The van der Waals surface area contributed by atoms with Crippen molar-refractivity contribution in [1.82, 2.24) is 15.0 Å². The van der Waals surface area contributed by atoms with Crippen molar-refractivity contribution in [2.75, 3.05) is 31.8 Å². The van der Waals surface area contributed by atoms with E-state index in [-0.39, 0.29) is 39.9 Å². The molecule has 12 heteroatoms. The average Bonchev–Trinajstić information content (AvgIpc) is 2.66. The molecule has 1 aromatic carbocycles. The fraction of sp³-hybridized carbons (Fsp3) is 0.235. The van der Waals surface area contributed by atoms with E-state index in [0.717, 1.165) is 6.07 Å². The highest BCUT2D eigenvalue weighted by molar-refractivity contribution is 5.91. The Balaban J connectivity index is 2.27. The minimum absolute atomic E-state index is 0.0406. The second kappa shape index (κ2) is 7.53. The summed E-state index contributed by atoms with van der Waals surface area (Å²) in [7, 11) is 2.33. The molecule has 0 spiro atoms. The number of fused-ring (bicyclic) bond motifs is 1.